The van der Waals surface area contributed by atoms with Gasteiger partial charge in [-0.25, -0.2) is 9.97 Å². The van der Waals surface area contributed by atoms with E-state index < -0.39 is 0 Å². The minimum absolute atomic E-state index is 0.331. The second-order valence-electron chi connectivity index (χ2n) is 5.31. The Hall–Kier alpha value is -1.36. The summed E-state index contributed by atoms with van der Waals surface area (Å²) in [6.07, 6.45) is 1.09. The van der Waals surface area contributed by atoms with Gasteiger partial charge in [0.2, 0.25) is 0 Å². The second-order valence-corrected chi connectivity index (χ2v) is 5.31. The summed E-state index contributed by atoms with van der Waals surface area (Å²) in [5, 5.41) is 6.68. The Bertz CT molecular complexity index is 376. The van der Waals surface area contributed by atoms with Gasteiger partial charge >= 0.3 is 0 Å². The number of aromatic nitrogens is 2. The van der Waals surface area contributed by atoms with Gasteiger partial charge in [0.25, 0.3) is 0 Å². The molecular formula is C14H27N5. The van der Waals surface area contributed by atoms with Crippen LogP contribution in [-0.4, -0.2) is 48.6 Å². The van der Waals surface area contributed by atoms with Crippen molar-refractivity contribution in [3.8, 4) is 0 Å². The number of hydrogen-bond donors (Lipinski definition) is 2. The van der Waals surface area contributed by atoms with E-state index in [-0.39, 0.29) is 0 Å². The smallest absolute Gasteiger partial charge is 0.135 e. The maximum absolute atomic E-state index is 4.56. The Morgan fingerprint density at radius 2 is 1.68 bits per heavy atom. The topological polar surface area (TPSA) is 53.1 Å². The largest absolute Gasteiger partial charge is 0.370 e. The number of rotatable bonds is 8. The van der Waals surface area contributed by atoms with Crippen LogP contribution in [0.5, 0.6) is 0 Å². The number of nitrogens with zero attached hydrogens (tertiary/aromatic N) is 3. The lowest BCUT2D eigenvalue weighted by atomic mass is 10.2. The van der Waals surface area contributed by atoms with E-state index in [4.69, 9.17) is 0 Å². The maximum Gasteiger partial charge on any atom is 0.135 e. The van der Waals surface area contributed by atoms with Crippen LogP contribution in [0, 0.1) is 0 Å². The van der Waals surface area contributed by atoms with Crippen LogP contribution in [0.1, 0.15) is 38.9 Å². The fourth-order valence-electron chi connectivity index (χ4n) is 1.57. The van der Waals surface area contributed by atoms with Crippen molar-refractivity contribution in [3.63, 3.8) is 0 Å². The molecule has 19 heavy (non-hydrogen) atoms. The molecule has 0 amide bonds. The first-order valence-electron chi connectivity index (χ1n) is 7.04. The summed E-state index contributed by atoms with van der Waals surface area (Å²) >= 11 is 0. The molecule has 0 aromatic carbocycles. The minimum atomic E-state index is 0.331. The van der Waals surface area contributed by atoms with Gasteiger partial charge < -0.3 is 15.5 Å². The van der Waals surface area contributed by atoms with Crippen molar-refractivity contribution in [2.24, 2.45) is 0 Å². The quantitative estimate of drug-likeness (QED) is 0.756. The van der Waals surface area contributed by atoms with Crippen LogP contribution in [0.15, 0.2) is 6.07 Å². The molecule has 0 unspecified atom stereocenters. The van der Waals surface area contributed by atoms with Crippen LogP contribution in [0.25, 0.3) is 0 Å². The van der Waals surface area contributed by atoms with E-state index >= 15 is 0 Å². The van der Waals surface area contributed by atoms with Crippen molar-refractivity contribution in [1.29, 1.82) is 0 Å². The fourth-order valence-corrected chi connectivity index (χ4v) is 1.57. The predicted molar refractivity (Wildman–Crippen MR) is 81.9 cm³/mol. The van der Waals surface area contributed by atoms with Crippen molar-refractivity contribution < 1.29 is 0 Å². The zero-order valence-electron chi connectivity index (χ0n) is 12.8. The molecule has 0 saturated carbocycles. The fraction of sp³-hybridized carbons (Fsp3) is 0.714. The highest BCUT2D eigenvalue weighted by atomic mass is 15.1. The molecule has 2 N–H and O–H groups in total. The van der Waals surface area contributed by atoms with Crippen molar-refractivity contribution in [2.75, 3.05) is 44.4 Å². The molecular weight excluding hydrogens is 238 g/mol. The van der Waals surface area contributed by atoms with Crippen LogP contribution in [0.4, 0.5) is 11.6 Å². The van der Waals surface area contributed by atoms with Crippen LogP contribution in [0.3, 0.4) is 0 Å². The Balaban J connectivity index is 2.74. The van der Waals surface area contributed by atoms with Crippen LogP contribution >= 0.6 is 0 Å². The summed E-state index contributed by atoms with van der Waals surface area (Å²) in [6.45, 7) is 9.18. The van der Waals surface area contributed by atoms with Crippen molar-refractivity contribution in [2.45, 2.75) is 33.1 Å². The maximum atomic E-state index is 4.56. The summed E-state index contributed by atoms with van der Waals surface area (Å²) in [5.41, 5.74) is 0. The monoisotopic (exact) mass is 265 g/mol. The molecule has 0 saturated heterocycles. The molecule has 0 aliphatic carbocycles. The average Bonchev–Trinajstić information content (AvgIpc) is 2.35. The molecule has 0 bridgehead atoms. The number of hydrogen-bond acceptors (Lipinski definition) is 5. The van der Waals surface area contributed by atoms with E-state index in [0.717, 1.165) is 43.5 Å². The molecule has 0 aliphatic rings. The Morgan fingerprint density at radius 3 is 2.16 bits per heavy atom. The standard InChI is InChI=1S/C14H27N5/c1-6-7-15-12-10-13(16-8-9-19(4)5)18-14(17-12)11(2)3/h10-11H,6-9H2,1-5H3,(H2,15,16,17,18). The summed E-state index contributed by atoms with van der Waals surface area (Å²) in [4.78, 5) is 11.2. The van der Waals surface area contributed by atoms with Crippen LogP contribution in [-0.2, 0) is 0 Å². The molecule has 0 atom stereocenters. The highest BCUT2D eigenvalue weighted by molar-refractivity contribution is 5.47. The van der Waals surface area contributed by atoms with E-state index in [9.17, 15) is 0 Å². The van der Waals surface area contributed by atoms with E-state index in [1.54, 1.807) is 0 Å². The highest BCUT2D eigenvalue weighted by Crippen LogP contribution is 2.16. The van der Waals surface area contributed by atoms with Gasteiger partial charge in [0.05, 0.1) is 0 Å². The molecule has 5 nitrogen and oxygen atoms in total. The minimum Gasteiger partial charge on any atom is -0.370 e. The predicted octanol–water partition coefficient (Wildman–Crippen LogP) is 2.40. The first kappa shape index (κ1) is 15.7. The second kappa shape index (κ2) is 7.94. The van der Waals surface area contributed by atoms with E-state index in [2.05, 4.69) is 60.4 Å². The van der Waals surface area contributed by atoms with Gasteiger partial charge in [-0.15, -0.1) is 0 Å². The Labute approximate surface area is 116 Å². The van der Waals surface area contributed by atoms with Crippen molar-refractivity contribution in [1.82, 2.24) is 14.9 Å². The molecule has 0 radical (unpaired) electrons. The molecule has 1 rings (SSSR count). The molecule has 5 heteroatoms. The van der Waals surface area contributed by atoms with Gasteiger partial charge in [-0.3, -0.25) is 0 Å². The van der Waals surface area contributed by atoms with Gasteiger partial charge in [-0.05, 0) is 20.5 Å². The van der Waals surface area contributed by atoms with Crippen LogP contribution in [0.2, 0.25) is 0 Å². The van der Waals surface area contributed by atoms with E-state index in [0.29, 0.717) is 5.92 Å². The molecule has 1 aromatic rings. The Kier molecular flexibility index (Phi) is 6.56. The van der Waals surface area contributed by atoms with Gasteiger partial charge in [0, 0.05) is 31.6 Å². The zero-order valence-corrected chi connectivity index (χ0v) is 12.8. The van der Waals surface area contributed by atoms with Gasteiger partial charge in [0.1, 0.15) is 17.5 Å². The zero-order chi connectivity index (χ0) is 14.3. The molecule has 108 valence electrons. The third kappa shape index (κ3) is 5.87. The van der Waals surface area contributed by atoms with Crippen LogP contribution < -0.4 is 10.6 Å². The molecule has 1 aromatic heterocycles. The SMILES string of the molecule is CCCNc1cc(NCCN(C)C)nc(C(C)C)n1. The number of anilines is 2. The lowest BCUT2D eigenvalue weighted by Crippen LogP contribution is -2.21. The highest BCUT2D eigenvalue weighted by Gasteiger charge is 2.07. The van der Waals surface area contributed by atoms with Gasteiger partial charge in [0.15, 0.2) is 0 Å². The average molecular weight is 265 g/mol. The summed E-state index contributed by atoms with van der Waals surface area (Å²) in [7, 11) is 4.13. The summed E-state index contributed by atoms with van der Waals surface area (Å²) in [6, 6.07) is 1.98. The molecule has 0 fully saturated rings. The lowest BCUT2D eigenvalue weighted by Gasteiger charge is -2.14. The summed E-state index contributed by atoms with van der Waals surface area (Å²) < 4.78 is 0. The molecule has 0 spiro atoms. The normalized spacial score (nSPS) is 11.1. The summed E-state index contributed by atoms with van der Waals surface area (Å²) in [5.74, 6) is 3.03. The van der Waals surface area contributed by atoms with E-state index in [1.165, 1.54) is 0 Å². The van der Waals surface area contributed by atoms with Gasteiger partial charge in [-0.2, -0.15) is 0 Å². The number of likely N-dealkylation sites (N-methyl/N-ethyl adjacent to an activating group) is 1. The van der Waals surface area contributed by atoms with Gasteiger partial charge in [-0.1, -0.05) is 20.8 Å². The third-order valence-electron chi connectivity index (χ3n) is 2.68. The van der Waals surface area contributed by atoms with Crippen molar-refractivity contribution in [3.05, 3.63) is 11.9 Å². The lowest BCUT2D eigenvalue weighted by molar-refractivity contribution is 0.425. The number of nitrogens with one attached hydrogen (secondary N) is 2. The first-order chi connectivity index (χ1) is 9.02. The van der Waals surface area contributed by atoms with E-state index in [1.807, 2.05) is 6.07 Å². The molecule has 1 heterocycles. The third-order valence-corrected chi connectivity index (χ3v) is 2.68. The Morgan fingerprint density at radius 1 is 1.11 bits per heavy atom. The van der Waals surface area contributed by atoms with Crippen molar-refractivity contribution >= 4 is 11.6 Å². The first-order valence-corrected chi connectivity index (χ1v) is 7.04. The molecule has 0 aliphatic heterocycles.